The molecule has 25 heavy (non-hydrogen) atoms. The highest BCUT2D eigenvalue weighted by Crippen LogP contribution is 2.47. The molecule has 2 amide bonds. The lowest BCUT2D eigenvalue weighted by Crippen LogP contribution is -2.48. The Morgan fingerprint density at radius 1 is 1.36 bits per heavy atom. The third-order valence-corrected chi connectivity index (χ3v) is 7.09. The van der Waals surface area contributed by atoms with Crippen LogP contribution in [0.1, 0.15) is 25.3 Å². The molecule has 0 radical (unpaired) electrons. The van der Waals surface area contributed by atoms with Crippen molar-refractivity contribution in [2.75, 3.05) is 11.1 Å². The van der Waals surface area contributed by atoms with E-state index >= 15 is 0 Å². The van der Waals surface area contributed by atoms with Gasteiger partial charge in [-0.15, -0.1) is 23.1 Å². The van der Waals surface area contributed by atoms with Crippen LogP contribution in [0.2, 0.25) is 0 Å². The lowest BCUT2D eigenvalue weighted by Gasteiger charge is -2.29. The number of carbonyl (C=O) groups is 2. The third kappa shape index (κ3) is 2.95. The van der Waals surface area contributed by atoms with Gasteiger partial charge in [-0.05, 0) is 20.3 Å². The van der Waals surface area contributed by atoms with Gasteiger partial charge >= 0.3 is 0 Å². The van der Waals surface area contributed by atoms with Crippen molar-refractivity contribution < 1.29 is 9.59 Å². The van der Waals surface area contributed by atoms with E-state index in [4.69, 9.17) is 0 Å². The lowest BCUT2D eigenvalue weighted by molar-refractivity contribution is -0.135. The molecule has 7 heteroatoms. The summed E-state index contributed by atoms with van der Waals surface area (Å²) >= 11 is 3.10. The predicted molar refractivity (Wildman–Crippen MR) is 102 cm³/mol. The van der Waals surface area contributed by atoms with Crippen LogP contribution in [-0.4, -0.2) is 38.4 Å². The third-order valence-electron chi connectivity index (χ3n) is 4.83. The summed E-state index contributed by atoms with van der Waals surface area (Å²) in [6, 6.07) is 7.73. The molecule has 130 valence electrons. The summed E-state index contributed by atoms with van der Waals surface area (Å²) in [7, 11) is 0. The molecule has 1 N–H and O–H groups in total. The molecule has 2 atom stereocenters. The molecule has 2 aliphatic rings. The smallest absolute Gasteiger partial charge is 0.249 e. The minimum atomic E-state index is -0.406. The van der Waals surface area contributed by atoms with Gasteiger partial charge in [0.15, 0.2) is 5.13 Å². The summed E-state index contributed by atoms with van der Waals surface area (Å²) in [6.45, 7) is 4.10. The summed E-state index contributed by atoms with van der Waals surface area (Å²) in [5.41, 5.74) is 3.08. The number of thiazole rings is 1. The number of thioether (sulfide) groups is 1. The van der Waals surface area contributed by atoms with Crippen molar-refractivity contribution in [2.24, 2.45) is 0 Å². The molecule has 3 heterocycles. The number of benzene rings is 1. The Bertz CT molecular complexity index is 833. The summed E-state index contributed by atoms with van der Waals surface area (Å²) in [6.07, 6.45) is 1.34. The number of hydrogen-bond acceptors (Lipinski definition) is 5. The van der Waals surface area contributed by atoms with Crippen LogP contribution in [-0.2, 0) is 9.59 Å². The molecule has 2 aliphatic heterocycles. The minimum Gasteiger partial charge on any atom is -0.315 e. The molecule has 1 aromatic heterocycles. The zero-order chi connectivity index (χ0) is 17.6. The number of fused-ring (bicyclic) bond motifs is 1. The highest BCUT2D eigenvalue weighted by molar-refractivity contribution is 8.01. The van der Waals surface area contributed by atoms with Gasteiger partial charge in [-0.3, -0.25) is 9.59 Å². The molecule has 0 saturated carbocycles. The first-order valence-electron chi connectivity index (χ1n) is 8.26. The number of aryl methyl sites for hydroxylation is 1. The normalized spacial score (nSPS) is 25.3. The quantitative estimate of drug-likeness (QED) is 0.894. The average Bonchev–Trinajstić information content (AvgIpc) is 3.25. The molecule has 1 aromatic carbocycles. The number of hydrogen-bond donors (Lipinski definition) is 1. The highest BCUT2D eigenvalue weighted by Gasteiger charge is 2.52. The van der Waals surface area contributed by atoms with Gasteiger partial charge in [0.05, 0.1) is 10.6 Å². The fraction of sp³-hybridized carbons (Fsp3) is 0.389. The number of nitrogens with one attached hydrogen (secondary N) is 1. The minimum absolute atomic E-state index is 0.0760. The van der Waals surface area contributed by atoms with Crippen molar-refractivity contribution in [2.45, 2.75) is 37.6 Å². The maximum absolute atomic E-state index is 12.7. The Labute approximate surface area is 154 Å². The van der Waals surface area contributed by atoms with E-state index in [1.54, 1.807) is 16.7 Å². The summed E-state index contributed by atoms with van der Waals surface area (Å²) in [5, 5.41) is 5.41. The molecule has 2 fully saturated rings. The molecule has 2 saturated heterocycles. The van der Waals surface area contributed by atoms with E-state index in [2.05, 4.69) is 17.2 Å². The van der Waals surface area contributed by atoms with E-state index in [0.717, 1.165) is 17.7 Å². The Balaban J connectivity index is 1.49. The number of rotatable bonds is 3. The second-order valence-electron chi connectivity index (χ2n) is 6.66. The first-order valence-corrected chi connectivity index (χ1v) is 10.1. The van der Waals surface area contributed by atoms with Crippen molar-refractivity contribution in [1.29, 1.82) is 0 Å². The zero-order valence-electron chi connectivity index (χ0n) is 14.1. The predicted octanol–water partition coefficient (Wildman–Crippen LogP) is 3.51. The standard InChI is InChI=1S/C18H19N3O2S2/c1-11-3-5-12(6-4-11)13-9-24-17(19-13)20-16(23)14-10-25-18(2)8-7-15(22)21(14)18/h3-6,9,14H,7-8,10H2,1-2H3,(H,19,20,23)/t14-,18+/m1/s1. The molecule has 0 aliphatic carbocycles. The Kier molecular flexibility index (Phi) is 4.08. The Hall–Kier alpha value is -1.86. The first-order chi connectivity index (χ1) is 12.0. The second kappa shape index (κ2) is 6.14. The monoisotopic (exact) mass is 373 g/mol. The van der Waals surface area contributed by atoms with Gasteiger partial charge in [0, 0.05) is 23.1 Å². The molecule has 0 spiro atoms. The maximum Gasteiger partial charge on any atom is 0.249 e. The van der Waals surface area contributed by atoms with E-state index < -0.39 is 6.04 Å². The maximum atomic E-state index is 12.7. The highest BCUT2D eigenvalue weighted by atomic mass is 32.2. The van der Waals surface area contributed by atoms with Crippen molar-refractivity contribution in [3.63, 3.8) is 0 Å². The van der Waals surface area contributed by atoms with Crippen LogP contribution >= 0.6 is 23.1 Å². The zero-order valence-corrected chi connectivity index (χ0v) is 15.7. The number of anilines is 1. The summed E-state index contributed by atoms with van der Waals surface area (Å²) in [5.74, 6) is 0.577. The summed E-state index contributed by atoms with van der Waals surface area (Å²) < 4.78 is 0. The van der Waals surface area contributed by atoms with Crippen molar-refractivity contribution >= 4 is 40.0 Å². The van der Waals surface area contributed by atoms with Crippen molar-refractivity contribution in [1.82, 2.24) is 9.88 Å². The van der Waals surface area contributed by atoms with Crippen LogP contribution in [0.4, 0.5) is 5.13 Å². The molecule has 4 rings (SSSR count). The van der Waals surface area contributed by atoms with Crippen molar-refractivity contribution in [3.8, 4) is 11.3 Å². The van der Waals surface area contributed by atoms with Crippen LogP contribution in [0.3, 0.4) is 0 Å². The van der Waals surface area contributed by atoms with E-state index in [1.807, 2.05) is 36.6 Å². The molecular formula is C18H19N3O2S2. The first kappa shape index (κ1) is 16.6. The number of aromatic nitrogens is 1. The average molecular weight is 374 g/mol. The molecule has 0 unspecified atom stereocenters. The second-order valence-corrected chi connectivity index (χ2v) is 9.02. The van der Waals surface area contributed by atoms with E-state index in [1.165, 1.54) is 16.9 Å². The van der Waals surface area contributed by atoms with Crippen molar-refractivity contribution in [3.05, 3.63) is 35.2 Å². The Morgan fingerprint density at radius 3 is 2.88 bits per heavy atom. The van der Waals surface area contributed by atoms with Gasteiger partial charge in [-0.25, -0.2) is 4.98 Å². The van der Waals surface area contributed by atoms with Gasteiger partial charge in [0.25, 0.3) is 0 Å². The van der Waals surface area contributed by atoms with E-state index in [-0.39, 0.29) is 16.7 Å². The van der Waals surface area contributed by atoms with E-state index in [9.17, 15) is 9.59 Å². The van der Waals surface area contributed by atoms with E-state index in [0.29, 0.717) is 17.3 Å². The molecular weight excluding hydrogens is 354 g/mol. The topological polar surface area (TPSA) is 62.3 Å². The fourth-order valence-corrected chi connectivity index (χ4v) is 5.55. The van der Waals surface area contributed by atoms with Crippen LogP contribution in [0, 0.1) is 6.92 Å². The SMILES string of the molecule is Cc1ccc(-c2csc(NC(=O)[C@H]3CS[C@@]4(C)CCC(=O)N34)n2)cc1. The van der Waals surface area contributed by atoms with Crippen LogP contribution < -0.4 is 5.32 Å². The largest absolute Gasteiger partial charge is 0.315 e. The number of carbonyl (C=O) groups excluding carboxylic acids is 2. The Morgan fingerprint density at radius 2 is 2.12 bits per heavy atom. The van der Waals surface area contributed by atoms with Gasteiger partial charge in [-0.2, -0.15) is 0 Å². The van der Waals surface area contributed by atoms with Gasteiger partial charge in [-0.1, -0.05) is 29.8 Å². The van der Waals surface area contributed by atoms with Crippen LogP contribution in [0.5, 0.6) is 0 Å². The molecule has 2 aromatic rings. The van der Waals surface area contributed by atoms with Gasteiger partial charge in [0.1, 0.15) is 6.04 Å². The number of amides is 2. The molecule has 0 bridgehead atoms. The number of nitrogens with zero attached hydrogens (tertiary/aromatic N) is 2. The van der Waals surface area contributed by atoms with Gasteiger partial charge < -0.3 is 10.2 Å². The van der Waals surface area contributed by atoms with Crippen LogP contribution in [0.15, 0.2) is 29.6 Å². The van der Waals surface area contributed by atoms with Crippen LogP contribution in [0.25, 0.3) is 11.3 Å². The fourth-order valence-electron chi connectivity index (χ4n) is 3.39. The lowest BCUT2D eigenvalue weighted by atomic mass is 10.1. The molecule has 5 nitrogen and oxygen atoms in total. The van der Waals surface area contributed by atoms with Gasteiger partial charge in [0.2, 0.25) is 11.8 Å². The summed E-state index contributed by atoms with van der Waals surface area (Å²) in [4.78, 5) is 30.9.